The predicted molar refractivity (Wildman–Crippen MR) is 103 cm³/mol. The van der Waals surface area contributed by atoms with Gasteiger partial charge in [-0.1, -0.05) is 18.2 Å². The van der Waals surface area contributed by atoms with Crippen LogP contribution in [0.3, 0.4) is 0 Å². The van der Waals surface area contributed by atoms with Crippen molar-refractivity contribution < 1.29 is 9.59 Å². The molecule has 142 valence electrons. The van der Waals surface area contributed by atoms with Crippen LogP contribution in [0.4, 0.5) is 5.69 Å². The fourth-order valence-electron chi connectivity index (χ4n) is 3.36. The summed E-state index contributed by atoms with van der Waals surface area (Å²) >= 11 is 0. The number of benzene rings is 2. The summed E-state index contributed by atoms with van der Waals surface area (Å²) in [5.74, 6) is -0.184. The normalized spacial score (nSPS) is 13.1. The van der Waals surface area contributed by atoms with Crippen LogP contribution in [0, 0.1) is 0 Å². The quantitative estimate of drug-likeness (QED) is 0.732. The SMILES string of the molecule is O=C(NCCC(=O)N1CCCc2ccccc21)c1ccc(-n2cnnn2)cc1. The number of nitrogens with zero attached hydrogens (tertiary/aromatic N) is 5. The number of anilines is 1. The number of hydrogen-bond acceptors (Lipinski definition) is 5. The number of tetrazole rings is 1. The molecule has 1 aromatic heterocycles. The Labute approximate surface area is 162 Å². The highest BCUT2D eigenvalue weighted by molar-refractivity contribution is 5.96. The maximum absolute atomic E-state index is 12.6. The molecule has 0 unspecified atom stereocenters. The fraction of sp³-hybridized carbons (Fsp3) is 0.250. The third-order valence-corrected chi connectivity index (χ3v) is 4.78. The maximum Gasteiger partial charge on any atom is 0.251 e. The maximum atomic E-state index is 12.6. The number of amides is 2. The Balaban J connectivity index is 1.31. The van der Waals surface area contributed by atoms with Crippen molar-refractivity contribution >= 4 is 17.5 Å². The van der Waals surface area contributed by atoms with Gasteiger partial charge >= 0.3 is 0 Å². The standard InChI is InChI=1S/C20H20N6O2/c27-19(25-13-3-5-15-4-1-2-6-18(15)25)11-12-21-20(28)16-7-9-17(10-8-16)26-14-22-23-24-26/h1-2,4,6-10,14H,3,5,11-13H2,(H,21,28). The predicted octanol–water partition coefficient (Wildman–Crippen LogP) is 1.76. The summed E-state index contributed by atoms with van der Waals surface area (Å²) in [6.45, 7) is 1.02. The summed E-state index contributed by atoms with van der Waals surface area (Å²) in [4.78, 5) is 26.7. The Morgan fingerprint density at radius 2 is 1.89 bits per heavy atom. The van der Waals surface area contributed by atoms with E-state index in [4.69, 9.17) is 0 Å². The van der Waals surface area contributed by atoms with Gasteiger partial charge in [-0.25, -0.2) is 4.68 Å². The molecule has 0 saturated carbocycles. The minimum absolute atomic E-state index is 0.0291. The number of aromatic nitrogens is 4. The number of carbonyl (C=O) groups excluding carboxylic acids is 2. The van der Waals surface area contributed by atoms with E-state index < -0.39 is 0 Å². The second-order valence-electron chi connectivity index (χ2n) is 6.58. The minimum atomic E-state index is -0.213. The van der Waals surface area contributed by atoms with Gasteiger partial charge in [0, 0.05) is 30.8 Å². The molecule has 28 heavy (non-hydrogen) atoms. The zero-order valence-electron chi connectivity index (χ0n) is 15.3. The molecular formula is C20H20N6O2. The van der Waals surface area contributed by atoms with E-state index in [0.717, 1.165) is 30.8 Å². The van der Waals surface area contributed by atoms with Crippen LogP contribution < -0.4 is 10.2 Å². The van der Waals surface area contributed by atoms with Gasteiger partial charge in [-0.2, -0.15) is 0 Å². The molecule has 1 aliphatic heterocycles. The van der Waals surface area contributed by atoms with Crippen molar-refractivity contribution in [2.24, 2.45) is 0 Å². The van der Waals surface area contributed by atoms with Crippen molar-refractivity contribution in [3.8, 4) is 5.69 Å². The van der Waals surface area contributed by atoms with Crippen LogP contribution in [0.1, 0.15) is 28.8 Å². The fourth-order valence-corrected chi connectivity index (χ4v) is 3.36. The largest absolute Gasteiger partial charge is 0.352 e. The Morgan fingerprint density at radius 1 is 1.07 bits per heavy atom. The lowest BCUT2D eigenvalue weighted by molar-refractivity contribution is -0.118. The van der Waals surface area contributed by atoms with Gasteiger partial charge in [0.05, 0.1) is 5.69 Å². The first-order chi connectivity index (χ1) is 13.7. The van der Waals surface area contributed by atoms with Crippen molar-refractivity contribution in [1.29, 1.82) is 0 Å². The van der Waals surface area contributed by atoms with Crippen molar-refractivity contribution in [2.75, 3.05) is 18.0 Å². The van der Waals surface area contributed by atoms with Crippen LogP contribution in [-0.4, -0.2) is 45.1 Å². The van der Waals surface area contributed by atoms with Gasteiger partial charge in [0.15, 0.2) is 0 Å². The molecule has 3 aromatic rings. The summed E-state index contributed by atoms with van der Waals surface area (Å²) in [7, 11) is 0. The lowest BCUT2D eigenvalue weighted by Gasteiger charge is -2.29. The van der Waals surface area contributed by atoms with Crippen LogP contribution in [0.25, 0.3) is 5.69 Å². The van der Waals surface area contributed by atoms with Crippen molar-refractivity contribution in [1.82, 2.24) is 25.5 Å². The van der Waals surface area contributed by atoms with Gasteiger partial charge in [-0.15, -0.1) is 5.10 Å². The lowest BCUT2D eigenvalue weighted by atomic mass is 10.0. The molecule has 0 fully saturated rings. The summed E-state index contributed by atoms with van der Waals surface area (Å²) in [5.41, 5.74) is 3.48. The minimum Gasteiger partial charge on any atom is -0.352 e. The molecule has 0 saturated heterocycles. The summed E-state index contributed by atoms with van der Waals surface area (Å²) in [6.07, 6.45) is 3.71. The van der Waals surface area contributed by atoms with E-state index in [1.165, 1.54) is 16.6 Å². The zero-order valence-corrected chi connectivity index (χ0v) is 15.3. The first kappa shape index (κ1) is 17.8. The molecule has 1 aliphatic rings. The lowest BCUT2D eigenvalue weighted by Crippen LogP contribution is -2.37. The third-order valence-electron chi connectivity index (χ3n) is 4.78. The van der Waals surface area contributed by atoms with Crippen molar-refractivity contribution in [2.45, 2.75) is 19.3 Å². The summed E-state index contributed by atoms with van der Waals surface area (Å²) < 4.78 is 1.51. The number of rotatable bonds is 5. The molecule has 0 radical (unpaired) electrons. The van der Waals surface area contributed by atoms with Crippen molar-refractivity contribution in [3.63, 3.8) is 0 Å². The van der Waals surface area contributed by atoms with E-state index in [9.17, 15) is 9.59 Å². The number of fused-ring (bicyclic) bond motifs is 1. The Bertz CT molecular complexity index is 969. The number of hydrogen-bond donors (Lipinski definition) is 1. The van der Waals surface area contributed by atoms with E-state index in [0.29, 0.717) is 12.1 Å². The molecular weight excluding hydrogens is 356 g/mol. The number of nitrogens with one attached hydrogen (secondary N) is 1. The van der Waals surface area contributed by atoms with Gasteiger partial charge in [0.1, 0.15) is 6.33 Å². The topological polar surface area (TPSA) is 93.0 Å². The van der Waals surface area contributed by atoms with E-state index in [1.807, 2.05) is 23.1 Å². The van der Waals surface area contributed by atoms with Gasteiger partial charge in [0.2, 0.25) is 5.91 Å². The molecule has 0 aliphatic carbocycles. The average Bonchev–Trinajstić information content (AvgIpc) is 3.28. The molecule has 4 rings (SSSR count). The highest BCUT2D eigenvalue weighted by atomic mass is 16.2. The van der Waals surface area contributed by atoms with E-state index in [2.05, 4.69) is 26.9 Å². The Hall–Kier alpha value is -3.55. The second-order valence-corrected chi connectivity index (χ2v) is 6.58. The summed E-state index contributed by atoms with van der Waals surface area (Å²) in [6, 6.07) is 14.9. The highest BCUT2D eigenvalue weighted by Gasteiger charge is 2.21. The van der Waals surface area contributed by atoms with Crippen molar-refractivity contribution in [3.05, 3.63) is 66.0 Å². The molecule has 0 atom stereocenters. The average molecular weight is 376 g/mol. The van der Waals surface area contributed by atoms with Crippen LogP contribution in [-0.2, 0) is 11.2 Å². The smallest absolute Gasteiger partial charge is 0.251 e. The van der Waals surface area contributed by atoms with Gasteiger partial charge in [-0.3, -0.25) is 9.59 Å². The van der Waals surface area contributed by atoms with Crippen LogP contribution >= 0.6 is 0 Å². The van der Waals surface area contributed by atoms with Crippen LogP contribution in [0.15, 0.2) is 54.9 Å². The first-order valence-corrected chi connectivity index (χ1v) is 9.22. The molecule has 8 heteroatoms. The highest BCUT2D eigenvalue weighted by Crippen LogP contribution is 2.27. The van der Waals surface area contributed by atoms with E-state index in [-0.39, 0.29) is 18.2 Å². The molecule has 8 nitrogen and oxygen atoms in total. The third kappa shape index (κ3) is 3.75. The number of carbonyl (C=O) groups is 2. The van der Waals surface area contributed by atoms with Gasteiger partial charge < -0.3 is 10.2 Å². The van der Waals surface area contributed by atoms with E-state index >= 15 is 0 Å². The molecule has 1 N–H and O–H groups in total. The zero-order chi connectivity index (χ0) is 19.3. The molecule has 2 aromatic carbocycles. The second kappa shape index (κ2) is 7.99. The molecule has 0 bridgehead atoms. The monoisotopic (exact) mass is 376 g/mol. The summed E-state index contributed by atoms with van der Waals surface area (Å²) in [5, 5.41) is 13.8. The van der Waals surface area contributed by atoms with Crippen LogP contribution in [0.2, 0.25) is 0 Å². The number of aryl methyl sites for hydroxylation is 1. The van der Waals surface area contributed by atoms with Gasteiger partial charge in [-0.05, 0) is 59.2 Å². The number of para-hydroxylation sites is 1. The van der Waals surface area contributed by atoms with Gasteiger partial charge in [0.25, 0.3) is 5.91 Å². The Kier molecular flexibility index (Phi) is 5.09. The molecule has 2 amide bonds. The first-order valence-electron chi connectivity index (χ1n) is 9.22. The van der Waals surface area contributed by atoms with E-state index in [1.54, 1.807) is 24.3 Å². The van der Waals surface area contributed by atoms with Crippen LogP contribution in [0.5, 0.6) is 0 Å². The molecule has 2 heterocycles. The Morgan fingerprint density at radius 3 is 2.68 bits per heavy atom. The molecule has 0 spiro atoms.